The first-order valence-corrected chi connectivity index (χ1v) is 2.59. The molecule has 0 aliphatic carbocycles. The van der Waals surface area contributed by atoms with Crippen molar-refractivity contribution in [2.45, 2.75) is 6.42 Å². The van der Waals surface area contributed by atoms with Gasteiger partial charge in [0, 0.05) is 6.61 Å². The van der Waals surface area contributed by atoms with E-state index in [1.165, 1.54) is 0 Å². The molecule has 6 heavy (non-hydrogen) atoms. The molecule has 0 aliphatic heterocycles. The van der Waals surface area contributed by atoms with Gasteiger partial charge in [-0.2, -0.15) is 5.26 Å². The van der Waals surface area contributed by atoms with Gasteiger partial charge in [-0.25, -0.2) is 0 Å². The molecule has 3 heteroatoms. The van der Waals surface area contributed by atoms with Crippen LogP contribution in [0.5, 0.6) is 0 Å². The Kier molecular flexibility index (Phi) is 4.41. The summed E-state index contributed by atoms with van der Waals surface area (Å²) in [5, 5.41) is 7.88. The Balaban J connectivity index is 2.54. The summed E-state index contributed by atoms with van der Waals surface area (Å²) in [6.45, 7) is 0.614. The molecule has 0 spiro atoms. The largest absolute Gasteiger partial charge is 0.427 e. The molecule has 0 aliphatic rings. The molecule has 0 radical (unpaired) electrons. The molecule has 0 unspecified atom stereocenters. The van der Waals surface area contributed by atoms with Crippen molar-refractivity contribution in [3.63, 3.8) is 0 Å². The van der Waals surface area contributed by atoms with Gasteiger partial charge in [0.25, 0.3) is 0 Å². The summed E-state index contributed by atoms with van der Waals surface area (Å²) in [7, 11) is 0.752. The zero-order chi connectivity index (χ0) is 4.83. The molecule has 0 rings (SSSR count). The van der Waals surface area contributed by atoms with Crippen LogP contribution in [0.1, 0.15) is 6.42 Å². The van der Waals surface area contributed by atoms with Gasteiger partial charge in [0.1, 0.15) is 10.5 Å². The zero-order valence-electron chi connectivity index (χ0n) is 3.77. The lowest BCUT2D eigenvalue weighted by atomic mass is 10.5. The fourth-order valence-electron chi connectivity index (χ4n) is 0.148. The average molecular weight is 101 g/mol. The van der Waals surface area contributed by atoms with Gasteiger partial charge >= 0.3 is 0 Å². The molecule has 2 nitrogen and oxygen atoms in total. The number of hydrogen-bond acceptors (Lipinski definition) is 2. The highest BCUT2D eigenvalue weighted by Gasteiger charge is 1.72. The maximum absolute atomic E-state index is 7.88. The van der Waals surface area contributed by atoms with Gasteiger partial charge < -0.3 is 4.43 Å². The molecular weight excluding hydrogens is 94.1 g/mol. The lowest BCUT2D eigenvalue weighted by Crippen LogP contribution is -1.84. The highest BCUT2D eigenvalue weighted by atomic mass is 28.2. The summed E-state index contributed by atoms with van der Waals surface area (Å²) >= 11 is 0. The third-order valence-electron chi connectivity index (χ3n) is 0.418. The van der Waals surface area contributed by atoms with Gasteiger partial charge in [0.05, 0.1) is 12.5 Å². The summed E-state index contributed by atoms with van der Waals surface area (Å²) in [6, 6.07) is 1.97. The fraction of sp³-hybridized carbons (Fsp3) is 0.667. The van der Waals surface area contributed by atoms with Crippen LogP contribution in [-0.4, -0.2) is 17.1 Å². The minimum atomic E-state index is 0.531. The van der Waals surface area contributed by atoms with Crippen molar-refractivity contribution >= 4 is 10.5 Å². The third-order valence-corrected chi connectivity index (χ3v) is 0.826. The normalized spacial score (nSPS) is 7.83. The van der Waals surface area contributed by atoms with Crippen LogP contribution in [0.25, 0.3) is 0 Å². The molecule has 0 fully saturated rings. The van der Waals surface area contributed by atoms with Crippen LogP contribution in [0, 0.1) is 11.3 Å². The fourth-order valence-corrected chi connectivity index (χ4v) is 0.352. The lowest BCUT2D eigenvalue weighted by molar-refractivity contribution is 0.360. The molecule has 0 N–H and O–H groups in total. The zero-order valence-corrected chi connectivity index (χ0v) is 5.77. The maximum Gasteiger partial charge on any atom is 0.146 e. The maximum atomic E-state index is 7.88. The molecule has 34 valence electrons. The highest BCUT2D eigenvalue weighted by molar-refractivity contribution is 5.97. The van der Waals surface area contributed by atoms with Gasteiger partial charge in [-0.1, -0.05) is 0 Å². The molecule has 0 aromatic carbocycles. The molecule has 0 heterocycles. The van der Waals surface area contributed by atoms with Crippen LogP contribution in [0.2, 0.25) is 0 Å². The van der Waals surface area contributed by atoms with E-state index in [2.05, 4.69) is 0 Å². The van der Waals surface area contributed by atoms with E-state index in [0.717, 1.165) is 10.5 Å². The second-order valence-electron chi connectivity index (χ2n) is 0.901. The monoisotopic (exact) mass is 101 g/mol. The lowest BCUT2D eigenvalue weighted by Gasteiger charge is -1.83. The van der Waals surface area contributed by atoms with Crippen LogP contribution >= 0.6 is 0 Å². The number of nitriles is 1. The van der Waals surface area contributed by atoms with E-state index in [1.807, 2.05) is 6.07 Å². The van der Waals surface area contributed by atoms with Crippen LogP contribution in [0.15, 0.2) is 0 Å². The second kappa shape index (κ2) is 4.67. The van der Waals surface area contributed by atoms with Gasteiger partial charge in [-0.05, 0) is 0 Å². The van der Waals surface area contributed by atoms with Gasteiger partial charge in [-0.15, -0.1) is 0 Å². The molecule has 0 amide bonds. The standard InChI is InChI=1S/C3H7NOSi/c4-2-1-3-5-6/h1,3H2,6H3. The van der Waals surface area contributed by atoms with Crippen LogP contribution in [-0.2, 0) is 4.43 Å². The van der Waals surface area contributed by atoms with E-state index in [0.29, 0.717) is 13.0 Å². The first-order chi connectivity index (χ1) is 2.91. The Labute approximate surface area is 40.3 Å². The molecule has 0 bridgehead atoms. The molecule has 0 saturated heterocycles. The Morgan fingerprint density at radius 1 is 1.83 bits per heavy atom. The Morgan fingerprint density at radius 2 is 2.50 bits per heavy atom. The van der Waals surface area contributed by atoms with Crippen molar-refractivity contribution in [3.05, 3.63) is 0 Å². The van der Waals surface area contributed by atoms with Crippen LogP contribution in [0.3, 0.4) is 0 Å². The van der Waals surface area contributed by atoms with E-state index >= 15 is 0 Å². The van der Waals surface area contributed by atoms with Crippen LogP contribution in [0.4, 0.5) is 0 Å². The van der Waals surface area contributed by atoms with Crippen molar-refractivity contribution in [2.24, 2.45) is 0 Å². The Morgan fingerprint density at radius 3 is 2.67 bits per heavy atom. The molecule has 0 aromatic rings. The first kappa shape index (κ1) is 5.67. The molecule has 0 aromatic heterocycles. The van der Waals surface area contributed by atoms with E-state index in [4.69, 9.17) is 9.69 Å². The first-order valence-electron chi connectivity index (χ1n) is 1.77. The third kappa shape index (κ3) is 3.67. The van der Waals surface area contributed by atoms with Crippen molar-refractivity contribution in [2.75, 3.05) is 6.61 Å². The summed E-state index contributed by atoms with van der Waals surface area (Å²) in [5.41, 5.74) is 0. The molecule has 0 saturated carbocycles. The van der Waals surface area contributed by atoms with Crippen molar-refractivity contribution in [1.82, 2.24) is 0 Å². The minimum absolute atomic E-state index is 0.531. The van der Waals surface area contributed by atoms with Crippen LogP contribution < -0.4 is 0 Å². The highest BCUT2D eigenvalue weighted by Crippen LogP contribution is 1.70. The van der Waals surface area contributed by atoms with E-state index in [-0.39, 0.29) is 0 Å². The minimum Gasteiger partial charge on any atom is -0.427 e. The number of hydrogen-bond donors (Lipinski definition) is 0. The van der Waals surface area contributed by atoms with Crippen molar-refractivity contribution in [1.29, 1.82) is 5.26 Å². The Bertz CT molecular complexity index is 58.3. The molecule has 0 atom stereocenters. The summed E-state index contributed by atoms with van der Waals surface area (Å²) in [6.07, 6.45) is 0.531. The predicted molar refractivity (Wildman–Crippen MR) is 26.1 cm³/mol. The topological polar surface area (TPSA) is 33.0 Å². The van der Waals surface area contributed by atoms with E-state index in [1.54, 1.807) is 0 Å². The van der Waals surface area contributed by atoms with Crippen molar-refractivity contribution in [3.8, 4) is 6.07 Å². The Hall–Kier alpha value is -0.333. The SMILES string of the molecule is N#CCCO[SiH3]. The van der Waals surface area contributed by atoms with Crippen molar-refractivity contribution < 1.29 is 4.43 Å². The number of rotatable bonds is 2. The van der Waals surface area contributed by atoms with E-state index in [9.17, 15) is 0 Å². The van der Waals surface area contributed by atoms with E-state index < -0.39 is 0 Å². The average Bonchev–Trinajstić information content (AvgIpc) is 1.61. The summed E-state index contributed by atoms with van der Waals surface area (Å²) in [4.78, 5) is 0. The summed E-state index contributed by atoms with van der Waals surface area (Å²) in [5.74, 6) is 0. The smallest absolute Gasteiger partial charge is 0.146 e. The number of nitrogens with zero attached hydrogens (tertiary/aromatic N) is 1. The quantitative estimate of drug-likeness (QED) is 0.337. The van der Waals surface area contributed by atoms with Gasteiger partial charge in [0.2, 0.25) is 0 Å². The molecular formula is C3H7NOSi. The second-order valence-corrected chi connectivity index (χ2v) is 1.48. The predicted octanol–water partition coefficient (Wildman–Crippen LogP) is -0.803. The summed E-state index contributed by atoms with van der Waals surface area (Å²) < 4.78 is 4.70. The van der Waals surface area contributed by atoms with Gasteiger partial charge in [-0.3, -0.25) is 0 Å². The van der Waals surface area contributed by atoms with Gasteiger partial charge in [0.15, 0.2) is 0 Å².